The fraction of sp³-hybridized carbons (Fsp3) is 0.565. The number of rotatable bonds is 7. The molecule has 1 heterocycles. The molecule has 2 aromatic rings. The molecule has 1 aromatic heterocycles. The van der Waals surface area contributed by atoms with Crippen LogP contribution < -0.4 is 4.43 Å². The van der Waals surface area contributed by atoms with Crippen molar-refractivity contribution in [1.29, 1.82) is 0 Å². The standard InChI is InChI=1S/C23H35ClO3S2Si/c1-10-23(11-2,20-15-17(4)21(28-20)29(24,25)26)18-12-13-19(16(3)14-18)27-30(8,9)22(5,6)7/h12-15H,10-11H2,1-9H3. The Hall–Kier alpha value is -0.823. The van der Waals surface area contributed by atoms with Gasteiger partial charge >= 0.3 is 0 Å². The van der Waals surface area contributed by atoms with Crippen molar-refractivity contribution in [3.63, 3.8) is 0 Å². The lowest BCUT2D eigenvalue weighted by molar-refractivity contribution is 0.477. The van der Waals surface area contributed by atoms with E-state index in [2.05, 4.69) is 72.8 Å². The molecule has 168 valence electrons. The molecule has 7 heteroatoms. The van der Waals surface area contributed by atoms with Crippen molar-refractivity contribution in [2.75, 3.05) is 0 Å². The molecule has 0 saturated heterocycles. The molecule has 0 spiro atoms. The molecule has 0 aliphatic carbocycles. The van der Waals surface area contributed by atoms with Crippen LogP contribution in [0.15, 0.2) is 28.5 Å². The summed E-state index contributed by atoms with van der Waals surface area (Å²) in [4.78, 5) is 1.04. The maximum atomic E-state index is 12.0. The molecule has 0 radical (unpaired) electrons. The Bertz CT molecular complexity index is 1010. The van der Waals surface area contributed by atoms with E-state index in [1.54, 1.807) is 0 Å². The second-order valence-electron chi connectivity index (χ2n) is 9.65. The third-order valence-corrected chi connectivity index (χ3v) is 14.7. The van der Waals surface area contributed by atoms with Crippen molar-refractivity contribution in [2.45, 2.75) is 89.1 Å². The molecule has 0 bridgehead atoms. The van der Waals surface area contributed by atoms with Crippen LogP contribution in [0.4, 0.5) is 0 Å². The Labute approximate surface area is 192 Å². The maximum Gasteiger partial charge on any atom is 0.271 e. The van der Waals surface area contributed by atoms with Crippen LogP contribution in [0.5, 0.6) is 5.75 Å². The monoisotopic (exact) mass is 486 g/mol. The Morgan fingerprint density at radius 3 is 2.00 bits per heavy atom. The highest BCUT2D eigenvalue weighted by molar-refractivity contribution is 8.15. The second-order valence-corrected chi connectivity index (χ2v) is 18.2. The average molecular weight is 487 g/mol. The van der Waals surface area contributed by atoms with Gasteiger partial charge in [0, 0.05) is 21.0 Å². The summed E-state index contributed by atoms with van der Waals surface area (Å²) in [6.45, 7) is 19.4. The van der Waals surface area contributed by atoms with E-state index >= 15 is 0 Å². The van der Waals surface area contributed by atoms with Gasteiger partial charge in [0.05, 0.1) is 0 Å². The quantitative estimate of drug-likeness (QED) is 0.296. The molecule has 0 unspecified atom stereocenters. The van der Waals surface area contributed by atoms with E-state index in [1.165, 1.54) is 16.9 Å². The number of halogens is 1. The summed E-state index contributed by atoms with van der Waals surface area (Å²) < 4.78 is 30.8. The van der Waals surface area contributed by atoms with Gasteiger partial charge in [0.2, 0.25) is 8.32 Å². The number of hydrogen-bond donors (Lipinski definition) is 0. The molecule has 0 atom stereocenters. The Balaban J connectivity index is 2.55. The van der Waals surface area contributed by atoms with Crippen LogP contribution in [-0.2, 0) is 14.5 Å². The van der Waals surface area contributed by atoms with Gasteiger partial charge in [-0.15, -0.1) is 11.3 Å². The predicted molar refractivity (Wildman–Crippen MR) is 132 cm³/mol. The van der Waals surface area contributed by atoms with Gasteiger partial charge in [0.15, 0.2) is 0 Å². The average Bonchev–Trinajstić information content (AvgIpc) is 3.00. The summed E-state index contributed by atoms with van der Waals surface area (Å²) in [5, 5.41) is 0.132. The lowest BCUT2D eigenvalue weighted by Crippen LogP contribution is -2.44. The third-order valence-electron chi connectivity index (χ3n) is 6.67. The Kier molecular flexibility index (Phi) is 7.30. The zero-order chi connectivity index (χ0) is 23.1. The first-order valence-electron chi connectivity index (χ1n) is 10.4. The van der Waals surface area contributed by atoms with E-state index in [-0.39, 0.29) is 14.7 Å². The number of thiophene rings is 1. The lowest BCUT2D eigenvalue weighted by atomic mass is 9.74. The first-order chi connectivity index (χ1) is 13.6. The Morgan fingerprint density at radius 1 is 1.03 bits per heavy atom. The summed E-state index contributed by atoms with van der Waals surface area (Å²) in [5.41, 5.74) is 2.76. The van der Waals surface area contributed by atoms with Crippen LogP contribution in [0.3, 0.4) is 0 Å². The predicted octanol–water partition coefficient (Wildman–Crippen LogP) is 7.78. The van der Waals surface area contributed by atoms with Gasteiger partial charge in [-0.2, -0.15) is 0 Å². The molecule has 0 fully saturated rings. The first-order valence-corrected chi connectivity index (χ1v) is 16.5. The second kappa shape index (κ2) is 8.61. The minimum absolute atomic E-state index is 0.132. The number of hydrogen-bond acceptors (Lipinski definition) is 4. The fourth-order valence-corrected chi connectivity index (χ4v) is 7.68. The molecule has 0 saturated carbocycles. The molecule has 0 amide bonds. The molecular formula is C23H35ClO3S2Si. The van der Waals surface area contributed by atoms with Gasteiger partial charge in [-0.05, 0) is 73.6 Å². The SMILES string of the molecule is CCC(CC)(c1ccc(O[Si](C)(C)C(C)(C)C)c(C)c1)c1cc(C)c(S(=O)(=O)Cl)s1. The minimum Gasteiger partial charge on any atom is -0.543 e. The summed E-state index contributed by atoms with van der Waals surface area (Å²) >= 11 is 1.30. The summed E-state index contributed by atoms with van der Waals surface area (Å²) in [5.74, 6) is 0.942. The minimum atomic E-state index is -3.75. The normalized spacial score (nSPS) is 13.5. The highest BCUT2D eigenvalue weighted by atomic mass is 35.7. The molecule has 30 heavy (non-hydrogen) atoms. The largest absolute Gasteiger partial charge is 0.543 e. The molecule has 0 aliphatic rings. The van der Waals surface area contributed by atoms with E-state index in [4.69, 9.17) is 15.1 Å². The molecule has 0 N–H and O–H groups in total. The van der Waals surface area contributed by atoms with Crippen LogP contribution in [0.25, 0.3) is 0 Å². The highest BCUT2D eigenvalue weighted by Gasteiger charge is 2.40. The van der Waals surface area contributed by atoms with Crippen LogP contribution in [0.2, 0.25) is 18.1 Å². The van der Waals surface area contributed by atoms with E-state index < -0.39 is 17.4 Å². The van der Waals surface area contributed by atoms with E-state index in [9.17, 15) is 8.42 Å². The fourth-order valence-electron chi connectivity index (χ4n) is 3.58. The molecule has 2 rings (SSSR count). The molecule has 1 aromatic carbocycles. The zero-order valence-corrected chi connectivity index (χ0v) is 23.0. The van der Waals surface area contributed by atoms with E-state index in [1.807, 2.05) is 13.0 Å². The number of benzene rings is 1. The zero-order valence-electron chi connectivity index (χ0n) is 19.6. The van der Waals surface area contributed by atoms with Gasteiger partial charge in [0.25, 0.3) is 9.05 Å². The van der Waals surface area contributed by atoms with Gasteiger partial charge < -0.3 is 4.43 Å². The van der Waals surface area contributed by atoms with Crippen molar-refractivity contribution < 1.29 is 12.8 Å². The third kappa shape index (κ3) is 4.82. The molecular weight excluding hydrogens is 452 g/mol. The topological polar surface area (TPSA) is 43.4 Å². The summed E-state index contributed by atoms with van der Waals surface area (Å²) in [6, 6.07) is 8.43. The van der Waals surface area contributed by atoms with Crippen LogP contribution >= 0.6 is 22.0 Å². The Morgan fingerprint density at radius 2 is 1.60 bits per heavy atom. The molecule has 3 nitrogen and oxygen atoms in total. The highest BCUT2D eigenvalue weighted by Crippen LogP contribution is 2.46. The molecule has 0 aliphatic heterocycles. The van der Waals surface area contributed by atoms with Gasteiger partial charge in [-0.3, -0.25) is 0 Å². The van der Waals surface area contributed by atoms with E-state index in [0.29, 0.717) is 5.56 Å². The van der Waals surface area contributed by atoms with Crippen molar-refractivity contribution in [2.24, 2.45) is 0 Å². The lowest BCUT2D eigenvalue weighted by Gasteiger charge is -2.37. The van der Waals surface area contributed by atoms with Crippen molar-refractivity contribution in [1.82, 2.24) is 0 Å². The van der Waals surface area contributed by atoms with Gasteiger partial charge in [0.1, 0.15) is 9.96 Å². The smallest absolute Gasteiger partial charge is 0.271 e. The first kappa shape index (κ1) is 25.4. The summed E-state index contributed by atoms with van der Waals surface area (Å²) in [6.07, 6.45) is 1.74. The number of aryl methyl sites for hydroxylation is 2. The van der Waals surface area contributed by atoms with Crippen molar-refractivity contribution in [3.8, 4) is 5.75 Å². The van der Waals surface area contributed by atoms with E-state index in [0.717, 1.165) is 29.0 Å². The van der Waals surface area contributed by atoms with Crippen LogP contribution in [0.1, 0.15) is 69.0 Å². The van der Waals surface area contributed by atoms with Gasteiger partial charge in [-0.25, -0.2) is 8.42 Å². The maximum absolute atomic E-state index is 12.0. The van der Waals surface area contributed by atoms with Crippen molar-refractivity contribution >= 4 is 39.4 Å². The van der Waals surface area contributed by atoms with Crippen molar-refractivity contribution in [3.05, 3.63) is 45.8 Å². The van der Waals surface area contributed by atoms with Crippen LogP contribution in [0, 0.1) is 13.8 Å². The van der Waals surface area contributed by atoms with Crippen LogP contribution in [-0.4, -0.2) is 16.7 Å². The van der Waals surface area contributed by atoms with Gasteiger partial charge in [-0.1, -0.05) is 46.8 Å². The summed E-state index contributed by atoms with van der Waals surface area (Å²) in [7, 11) is 0.00303.